The van der Waals surface area contributed by atoms with Crippen LogP contribution in [0.15, 0.2) is 54.6 Å². The van der Waals surface area contributed by atoms with Crippen LogP contribution in [0.4, 0.5) is 0 Å². The lowest BCUT2D eigenvalue weighted by molar-refractivity contribution is 0.195. The zero-order chi connectivity index (χ0) is 15.5. The lowest BCUT2D eigenvalue weighted by Crippen LogP contribution is -2.24. The van der Waals surface area contributed by atoms with E-state index in [1.165, 1.54) is 0 Å². The minimum atomic E-state index is -3.34. The molecule has 21 heavy (non-hydrogen) atoms. The third-order valence-corrected chi connectivity index (χ3v) is 7.31. The van der Waals surface area contributed by atoms with Crippen molar-refractivity contribution in [2.75, 3.05) is 5.75 Å². The Hall–Kier alpha value is -1.17. The third kappa shape index (κ3) is 3.73. The number of hydrogen-bond acceptors (Lipinski definition) is 3. The number of aliphatic hydroxyl groups is 1. The summed E-state index contributed by atoms with van der Waals surface area (Å²) < 4.78 is 22.6. The fraction of sp³-hybridized carbons (Fsp3) is 0.250. The first-order valence-corrected chi connectivity index (χ1v) is 9.28. The van der Waals surface area contributed by atoms with Crippen molar-refractivity contribution in [1.82, 2.24) is 0 Å². The second-order valence-corrected chi connectivity index (χ2v) is 8.74. The lowest BCUT2D eigenvalue weighted by atomic mass is 10.0. The van der Waals surface area contributed by atoms with Crippen LogP contribution in [-0.4, -0.2) is 23.4 Å². The molecule has 0 amide bonds. The highest BCUT2D eigenvalue weighted by molar-refractivity contribution is 9.11. The van der Waals surface area contributed by atoms with Crippen molar-refractivity contribution in [1.29, 1.82) is 0 Å². The first-order chi connectivity index (χ1) is 9.95. The van der Waals surface area contributed by atoms with Crippen LogP contribution in [0, 0.1) is 0 Å². The van der Waals surface area contributed by atoms with Crippen molar-refractivity contribution in [2.24, 2.45) is 0 Å². The van der Waals surface area contributed by atoms with Crippen LogP contribution in [0.3, 0.4) is 0 Å². The Labute approximate surface area is 133 Å². The number of benzene rings is 2. The summed E-state index contributed by atoms with van der Waals surface area (Å²) in [5.41, 5.74) is 2.68. The summed E-state index contributed by atoms with van der Waals surface area (Å²) in [5, 5.41) is 10.2. The molecule has 0 radical (unpaired) electrons. The molecule has 0 fully saturated rings. The van der Waals surface area contributed by atoms with E-state index in [1.54, 1.807) is 19.1 Å². The summed E-state index contributed by atoms with van der Waals surface area (Å²) in [6.45, 7) is 1.56. The maximum atomic E-state index is 11.8. The molecule has 0 aromatic heterocycles. The molecule has 0 aliphatic carbocycles. The Morgan fingerprint density at radius 1 is 1.00 bits per heavy atom. The summed E-state index contributed by atoms with van der Waals surface area (Å²) in [5.74, 6) is -0.0118. The lowest BCUT2D eigenvalue weighted by Gasteiger charge is -2.17. The molecule has 0 aliphatic heterocycles. The van der Waals surface area contributed by atoms with Gasteiger partial charge < -0.3 is 5.11 Å². The molecule has 0 bridgehead atoms. The molecule has 112 valence electrons. The SMILES string of the molecule is CCS(=O)(=O)[C@H](Br)[C@@H](O)c1ccc(-c2ccccc2)cc1. The fourth-order valence-electron chi connectivity index (χ4n) is 2.01. The van der Waals surface area contributed by atoms with Gasteiger partial charge >= 0.3 is 0 Å². The van der Waals surface area contributed by atoms with Gasteiger partial charge in [-0.15, -0.1) is 0 Å². The van der Waals surface area contributed by atoms with Crippen molar-refractivity contribution in [2.45, 2.75) is 17.2 Å². The minimum absolute atomic E-state index is 0.0118. The maximum absolute atomic E-state index is 11.8. The van der Waals surface area contributed by atoms with Gasteiger partial charge in [-0.3, -0.25) is 0 Å². The molecule has 2 rings (SSSR count). The Morgan fingerprint density at radius 2 is 1.52 bits per heavy atom. The van der Waals surface area contributed by atoms with E-state index in [9.17, 15) is 13.5 Å². The third-order valence-electron chi connectivity index (χ3n) is 3.35. The molecular formula is C16H17BrO3S. The summed E-state index contributed by atoms with van der Waals surface area (Å²) in [7, 11) is -3.34. The monoisotopic (exact) mass is 368 g/mol. The second kappa shape index (κ2) is 6.73. The second-order valence-electron chi connectivity index (χ2n) is 4.74. The molecule has 0 saturated carbocycles. The van der Waals surface area contributed by atoms with Crippen LogP contribution in [0.1, 0.15) is 18.6 Å². The molecular weight excluding hydrogens is 352 g/mol. The van der Waals surface area contributed by atoms with E-state index in [1.807, 2.05) is 42.5 Å². The summed E-state index contributed by atoms with van der Waals surface area (Å²) >= 11 is 3.09. The Balaban J connectivity index is 2.23. The van der Waals surface area contributed by atoms with Gasteiger partial charge in [-0.1, -0.05) is 77.5 Å². The van der Waals surface area contributed by atoms with Crippen molar-refractivity contribution >= 4 is 25.8 Å². The molecule has 0 unspecified atom stereocenters. The Kier molecular flexibility index (Phi) is 5.19. The van der Waals surface area contributed by atoms with E-state index in [0.29, 0.717) is 5.56 Å². The number of hydrogen-bond donors (Lipinski definition) is 1. The van der Waals surface area contributed by atoms with E-state index in [0.717, 1.165) is 11.1 Å². The van der Waals surface area contributed by atoms with Gasteiger partial charge in [0, 0.05) is 5.75 Å². The zero-order valence-electron chi connectivity index (χ0n) is 11.6. The zero-order valence-corrected chi connectivity index (χ0v) is 14.0. The molecule has 0 saturated heterocycles. The van der Waals surface area contributed by atoms with E-state index < -0.39 is 20.1 Å². The molecule has 2 aromatic carbocycles. The van der Waals surface area contributed by atoms with E-state index >= 15 is 0 Å². The minimum Gasteiger partial charge on any atom is -0.386 e. The van der Waals surface area contributed by atoms with Crippen molar-refractivity contribution in [3.05, 3.63) is 60.2 Å². The smallest absolute Gasteiger partial charge is 0.165 e. The molecule has 3 nitrogen and oxygen atoms in total. The molecule has 0 heterocycles. The molecule has 5 heteroatoms. The number of sulfone groups is 1. The average molecular weight is 369 g/mol. The predicted octanol–water partition coefficient (Wildman–Crippen LogP) is 3.54. The van der Waals surface area contributed by atoms with E-state index in [-0.39, 0.29) is 5.75 Å². The van der Waals surface area contributed by atoms with Crippen molar-refractivity contribution < 1.29 is 13.5 Å². The van der Waals surface area contributed by atoms with Crippen LogP contribution >= 0.6 is 15.9 Å². The quantitative estimate of drug-likeness (QED) is 0.821. The molecule has 0 aliphatic rings. The van der Waals surface area contributed by atoms with Crippen LogP contribution in [-0.2, 0) is 9.84 Å². The first-order valence-electron chi connectivity index (χ1n) is 6.65. The highest BCUT2D eigenvalue weighted by atomic mass is 79.9. The highest BCUT2D eigenvalue weighted by Crippen LogP contribution is 2.29. The summed E-state index contributed by atoms with van der Waals surface area (Å²) in [4.78, 5) is 0. The van der Waals surface area contributed by atoms with Crippen LogP contribution in [0.2, 0.25) is 0 Å². The standard InChI is InChI=1S/C16H17BrO3S/c1-2-21(19,20)16(17)15(18)14-10-8-13(9-11-14)12-6-4-3-5-7-12/h3-11,15-16,18H,2H2,1H3/t15-,16-/m0/s1. The average Bonchev–Trinajstić information content (AvgIpc) is 2.54. The molecule has 0 spiro atoms. The molecule has 2 aromatic rings. The normalized spacial score (nSPS) is 14.6. The fourth-order valence-corrected chi connectivity index (χ4v) is 3.98. The van der Waals surface area contributed by atoms with Crippen molar-refractivity contribution in [3.63, 3.8) is 0 Å². The number of aliphatic hydroxyl groups excluding tert-OH is 1. The number of halogens is 1. The molecule has 2 atom stereocenters. The number of rotatable bonds is 5. The number of alkyl halides is 1. The van der Waals surface area contributed by atoms with Crippen LogP contribution in [0.5, 0.6) is 0 Å². The van der Waals surface area contributed by atoms with Gasteiger partial charge in [0.2, 0.25) is 0 Å². The Bertz CT molecular complexity index is 681. The van der Waals surface area contributed by atoms with Gasteiger partial charge in [-0.2, -0.15) is 0 Å². The highest BCUT2D eigenvalue weighted by Gasteiger charge is 2.29. The van der Waals surface area contributed by atoms with Gasteiger partial charge in [-0.25, -0.2) is 8.42 Å². The maximum Gasteiger partial charge on any atom is 0.165 e. The van der Waals surface area contributed by atoms with E-state index in [2.05, 4.69) is 15.9 Å². The van der Waals surface area contributed by atoms with Gasteiger partial charge in [0.15, 0.2) is 9.84 Å². The summed E-state index contributed by atoms with van der Waals surface area (Å²) in [6, 6.07) is 17.1. The van der Waals surface area contributed by atoms with Gasteiger partial charge in [-0.05, 0) is 16.7 Å². The summed E-state index contributed by atoms with van der Waals surface area (Å²) in [6.07, 6.45) is -1.08. The largest absolute Gasteiger partial charge is 0.386 e. The van der Waals surface area contributed by atoms with Gasteiger partial charge in [0.05, 0.1) is 0 Å². The predicted molar refractivity (Wildman–Crippen MR) is 89.0 cm³/mol. The molecule has 1 N–H and O–H groups in total. The topological polar surface area (TPSA) is 54.4 Å². The van der Waals surface area contributed by atoms with Crippen LogP contribution < -0.4 is 0 Å². The van der Waals surface area contributed by atoms with Gasteiger partial charge in [0.1, 0.15) is 10.3 Å². The van der Waals surface area contributed by atoms with Gasteiger partial charge in [0.25, 0.3) is 0 Å². The Morgan fingerprint density at radius 3 is 2.05 bits per heavy atom. The van der Waals surface area contributed by atoms with Crippen LogP contribution in [0.25, 0.3) is 11.1 Å². The first kappa shape index (κ1) is 16.2. The van der Waals surface area contributed by atoms with Crippen molar-refractivity contribution in [3.8, 4) is 11.1 Å². The van der Waals surface area contributed by atoms with E-state index in [4.69, 9.17) is 0 Å².